The number of hydrogen-bond donors (Lipinski definition) is 1. The molecule has 0 radical (unpaired) electrons. The van der Waals surface area contributed by atoms with E-state index in [1.807, 2.05) is 36.4 Å². The topological polar surface area (TPSA) is 52.9 Å². The Balaban J connectivity index is 1.95. The zero-order chi connectivity index (χ0) is 13.7. The van der Waals surface area contributed by atoms with Crippen LogP contribution in [0.15, 0.2) is 42.5 Å². The molecule has 1 aliphatic rings. The van der Waals surface area contributed by atoms with Gasteiger partial charge in [0.25, 0.3) is 0 Å². The van der Waals surface area contributed by atoms with Gasteiger partial charge in [-0.3, -0.25) is 4.79 Å². The van der Waals surface area contributed by atoms with Crippen LogP contribution in [0.5, 0.6) is 0 Å². The lowest BCUT2D eigenvalue weighted by molar-refractivity contribution is -0.121. The van der Waals surface area contributed by atoms with Gasteiger partial charge < -0.3 is 5.32 Å². The molecule has 1 aliphatic carbocycles. The first-order valence-electron chi connectivity index (χ1n) is 6.60. The van der Waals surface area contributed by atoms with Crippen LogP contribution in [0, 0.1) is 23.2 Å². The van der Waals surface area contributed by atoms with E-state index in [0.29, 0.717) is 12.3 Å². The second-order valence-electron chi connectivity index (χ2n) is 5.09. The van der Waals surface area contributed by atoms with Gasteiger partial charge in [0.05, 0.1) is 24.4 Å². The smallest absolute Gasteiger partial charge is 0.224 e. The first kappa shape index (κ1) is 13.4. The van der Waals surface area contributed by atoms with Crippen molar-refractivity contribution in [3.63, 3.8) is 0 Å². The normalized spacial score (nSPS) is 25.6. The maximum Gasteiger partial charge on any atom is 0.224 e. The molecular formula is C16H18N2O. The summed E-state index contributed by atoms with van der Waals surface area (Å²) in [5, 5.41) is 12.1. The standard InChI is InChI=1S/C16H18N2O/c1-12-7-8-15(14(9-12)11-17)18-16(19)10-13-5-3-2-4-6-13/h2-8,12,14-15H,9-10H2,1H3,(H,18,19)/t12?,14-,15-/m0/s1. The molecule has 1 amide bonds. The van der Waals surface area contributed by atoms with Crippen molar-refractivity contribution in [2.24, 2.45) is 11.8 Å². The number of nitrogens with one attached hydrogen (secondary N) is 1. The summed E-state index contributed by atoms with van der Waals surface area (Å²) in [6, 6.07) is 11.8. The van der Waals surface area contributed by atoms with Gasteiger partial charge >= 0.3 is 0 Å². The fraction of sp³-hybridized carbons (Fsp3) is 0.375. The fourth-order valence-corrected chi connectivity index (χ4v) is 2.37. The predicted molar refractivity (Wildman–Crippen MR) is 74.1 cm³/mol. The van der Waals surface area contributed by atoms with E-state index in [1.54, 1.807) is 0 Å². The first-order valence-corrected chi connectivity index (χ1v) is 6.60. The summed E-state index contributed by atoms with van der Waals surface area (Å²) in [5.74, 6) is 0.252. The second kappa shape index (κ2) is 6.19. The summed E-state index contributed by atoms with van der Waals surface area (Å²) < 4.78 is 0. The molecule has 1 N–H and O–H groups in total. The van der Waals surface area contributed by atoms with E-state index in [9.17, 15) is 4.79 Å². The molecule has 98 valence electrons. The van der Waals surface area contributed by atoms with Crippen LogP contribution >= 0.6 is 0 Å². The van der Waals surface area contributed by atoms with Gasteiger partial charge in [-0.05, 0) is 17.9 Å². The third kappa shape index (κ3) is 3.69. The second-order valence-corrected chi connectivity index (χ2v) is 5.09. The molecule has 2 rings (SSSR count). The molecule has 19 heavy (non-hydrogen) atoms. The summed E-state index contributed by atoms with van der Waals surface area (Å²) in [7, 11) is 0. The molecule has 3 atom stereocenters. The molecule has 3 nitrogen and oxygen atoms in total. The Morgan fingerprint density at radius 2 is 2.11 bits per heavy atom. The number of hydrogen-bond acceptors (Lipinski definition) is 2. The highest BCUT2D eigenvalue weighted by Gasteiger charge is 2.25. The average Bonchev–Trinajstić information content (AvgIpc) is 2.42. The van der Waals surface area contributed by atoms with Crippen molar-refractivity contribution in [3.8, 4) is 6.07 Å². The molecule has 0 aliphatic heterocycles. The number of carbonyl (C=O) groups is 1. The van der Waals surface area contributed by atoms with Gasteiger partial charge in [-0.25, -0.2) is 0 Å². The zero-order valence-corrected chi connectivity index (χ0v) is 11.0. The average molecular weight is 254 g/mol. The summed E-state index contributed by atoms with van der Waals surface area (Å²) in [4.78, 5) is 12.0. The van der Waals surface area contributed by atoms with E-state index in [1.165, 1.54) is 0 Å². The van der Waals surface area contributed by atoms with Gasteiger partial charge in [-0.1, -0.05) is 49.4 Å². The van der Waals surface area contributed by atoms with Gasteiger partial charge in [-0.15, -0.1) is 0 Å². The largest absolute Gasteiger partial charge is 0.348 e. The molecule has 0 bridgehead atoms. The van der Waals surface area contributed by atoms with Gasteiger partial charge in [0.2, 0.25) is 5.91 Å². The summed E-state index contributed by atoms with van der Waals surface area (Å²) in [6.07, 6.45) is 5.19. The number of nitrogens with zero attached hydrogens (tertiary/aromatic N) is 1. The lowest BCUT2D eigenvalue weighted by Crippen LogP contribution is -2.41. The minimum absolute atomic E-state index is 0.0318. The molecule has 0 spiro atoms. The summed E-state index contributed by atoms with van der Waals surface area (Å²) in [6.45, 7) is 2.09. The molecule has 1 unspecified atom stereocenters. The number of amides is 1. The lowest BCUT2D eigenvalue weighted by atomic mass is 9.85. The fourth-order valence-electron chi connectivity index (χ4n) is 2.37. The number of carbonyl (C=O) groups excluding carboxylic acids is 1. The van der Waals surface area contributed by atoms with E-state index in [-0.39, 0.29) is 17.9 Å². The highest BCUT2D eigenvalue weighted by atomic mass is 16.1. The van der Waals surface area contributed by atoms with Crippen LogP contribution in [0.2, 0.25) is 0 Å². The Kier molecular flexibility index (Phi) is 4.35. The van der Waals surface area contributed by atoms with Gasteiger partial charge in [-0.2, -0.15) is 5.26 Å². The predicted octanol–water partition coefficient (Wildman–Crippen LogP) is 2.45. The van der Waals surface area contributed by atoms with Gasteiger partial charge in [0, 0.05) is 0 Å². The Bertz CT molecular complexity index is 501. The number of rotatable bonds is 3. The molecule has 0 heterocycles. The third-order valence-electron chi connectivity index (χ3n) is 3.41. The molecule has 0 fully saturated rings. The highest BCUT2D eigenvalue weighted by Crippen LogP contribution is 2.22. The SMILES string of the molecule is CC1C=C[C@H](NC(=O)Cc2ccccc2)[C@H](C#N)C1. The van der Waals surface area contributed by atoms with Crippen molar-refractivity contribution in [2.75, 3.05) is 0 Å². The maximum atomic E-state index is 12.0. The van der Waals surface area contributed by atoms with E-state index in [2.05, 4.69) is 24.4 Å². The van der Waals surface area contributed by atoms with Crippen LogP contribution in [0.3, 0.4) is 0 Å². The third-order valence-corrected chi connectivity index (χ3v) is 3.41. The maximum absolute atomic E-state index is 12.0. The van der Waals surface area contributed by atoms with Crippen molar-refractivity contribution in [3.05, 3.63) is 48.0 Å². The number of allylic oxidation sites excluding steroid dienone is 1. The Morgan fingerprint density at radius 1 is 1.37 bits per heavy atom. The van der Waals surface area contributed by atoms with Crippen LogP contribution in [0.4, 0.5) is 0 Å². The van der Waals surface area contributed by atoms with Gasteiger partial charge in [0.1, 0.15) is 0 Å². The first-order chi connectivity index (χ1) is 9.19. The van der Waals surface area contributed by atoms with E-state index < -0.39 is 0 Å². The van der Waals surface area contributed by atoms with Crippen LogP contribution in [-0.2, 0) is 11.2 Å². The van der Waals surface area contributed by atoms with Crippen molar-refractivity contribution < 1.29 is 4.79 Å². The van der Waals surface area contributed by atoms with Crippen LogP contribution < -0.4 is 5.32 Å². The van der Waals surface area contributed by atoms with E-state index in [0.717, 1.165) is 12.0 Å². The Labute approximate surface area is 113 Å². The summed E-state index contributed by atoms with van der Waals surface area (Å²) >= 11 is 0. The Hall–Kier alpha value is -2.08. The van der Waals surface area contributed by atoms with Crippen molar-refractivity contribution >= 4 is 5.91 Å². The molecule has 0 aromatic heterocycles. The molecular weight excluding hydrogens is 236 g/mol. The lowest BCUT2D eigenvalue weighted by Gasteiger charge is -2.26. The molecule has 0 saturated carbocycles. The Morgan fingerprint density at radius 3 is 2.79 bits per heavy atom. The molecule has 1 aromatic rings. The van der Waals surface area contributed by atoms with E-state index in [4.69, 9.17) is 5.26 Å². The van der Waals surface area contributed by atoms with Crippen LogP contribution in [-0.4, -0.2) is 11.9 Å². The number of nitriles is 1. The quantitative estimate of drug-likeness (QED) is 0.842. The molecule has 1 aromatic carbocycles. The van der Waals surface area contributed by atoms with Crippen LogP contribution in [0.25, 0.3) is 0 Å². The van der Waals surface area contributed by atoms with E-state index >= 15 is 0 Å². The number of benzene rings is 1. The van der Waals surface area contributed by atoms with Crippen LogP contribution in [0.1, 0.15) is 18.9 Å². The minimum atomic E-state index is -0.155. The highest BCUT2D eigenvalue weighted by molar-refractivity contribution is 5.79. The van der Waals surface area contributed by atoms with Crippen molar-refractivity contribution in [1.82, 2.24) is 5.32 Å². The zero-order valence-electron chi connectivity index (χ0n) is 11.0. The van der Waals surface area contributed by atoms with Crippen molar-refractivity contribution in [1.29, 1.82) is 5.26 Å². The molecule has 0 saturated heterocycles. The van der Waals surface area contributed by atoms with Crippen molar-refractivity contribution in [2.45, 2.75) is 25.8 Å². The monoisotopic (exact) mass is 254 g/mol. The minimum Gasteiger partial charge on any atom is -0.348 e. The molecule has 3 heteroatoms. The van der Waals surface area contributed by atoms with Gasteiger partial charge in [0.15, 0.2) is 0 Å². The summed E-state index contributed by atoms with van der Waals surface area (Å²) in [5.41, 5.74) is 0.988.